The van der Waals surface area contributed by atoms with E-state index < -0.39 is 5.97 Å². The number of ether oxygens (including phenoxy) is 1. The van der Waals surface area contributed by atoms with Gasteiger partial charge in [-0.2, -0.15) is 0 Å². The molecule has 7 heteroatoms. The lowest BCUT2D eigenvalue weighted by molar-refractivity contribution is 0.0475. The number of nitrogens with zero attached hydrogens (tertiary/aromatic N) is 1. The number of benzene rings is 1. The first-order valence-corrected chi connectivity index (χ1v) is 8.78. The van der Waals surface area contributed by atoms with Gasteiger partial charge in [-0.1, -0.05) is 23.4 Å². The van der Waals surface area contributed by atoms with Gasteiger partial charge in [0.2, 0.25) is 5.76 Å². The topological polar surface area (TPSA) is 87.0 Å². The van der Waals surface area contributed by atoms with E-state index in [1.165, 1.54) is 17.4 Å². The number of carbonyl (C=O) groups excluding carboxylic acids is 1. The molecule has 0 amide bonds. The zero-order valence-electron chi connectivity index (χ0n) is 14.4. The number of amidine groups is 1. The summed E-state index contributed by atoms with van der Waals surface area (Å²) in [6.45, 7) is 4.17. The Labute approximate surface area is 154 Å². The number of hydrogen-bond acceptors (Lipinski definition) is 6. The molecule has 2 aromatic heterocycles. The molecule has 6 nitrogen and oxygen atoms in total. The second-order valence-electron chi connectivity index (χ2n) is 5.66. The van der Waals surface area contributed by atoms with Gasteiger partial charge in [-0.15, -0.1) is 11.3 Å². The average Bonchev–Trinajstić information content (AvgIpc) is 3.32. The zero-order chi connectivity index (χ0) is 18.5. The summed E-state index contributed by atoms with van der Waals surface area (Å²) in [4.78, 5) is 17.5. The number of hydrogen-bond donors (Lipinski definition) is 1. The van der Waals surface area contributed by atoms with Crippen molar-refractivity contribution in [2.75, 3.05) is 0 Å². The second-order valence-corrected chi connectivity index (χ2v) is 6.60. The van der Waals surface area contributed by atoms with Crippen molar-refractivity contribution < 1.29 is 18.8 Å². The second kappa shape index (κ2) is 7.88. The average molecular weight is 370 g/mol. The van der Waals surface area contributed by atoms with Crippen LogP contribution in [0.2, 0.25) is 0 Å². The Morgan fingerprint density at radius 1 is 1.23 bits per heavy atom. The molecule has 0 aliphatic rings. The van der Waals surface area contributed by atoms with Gasteiger partial charge in [0.1, 0.15) is 18.1 Å². The van der Waals surface area contributed by atoms with Gasteiger partial charge in [0, 0.05) is 0 Å². The summed E-state index contributed by atoms with van der Waals surface area (Å²) < 4.78 is 11.2. The van der Waals surface area contributed by atoms with Crippen LogP contribution in [0.25, 0.3) is 0 Å². The molecule has 3 rings (SSSR count). The number of oxime groups is 1. The number of aryl methyl sites for hydroxylation is 2. The highest BCUT2D eigenvalue weighted by atomic mass is 32.1. The van der Waals surface area contributed by atoms with E-state index in [1.807, 2.05) is 43.5 Å². The first-order valence-electron chi connectivity index (χ1n) is 7.90. The van der Waals surface area contributed by atoms with Gasteiger partial charge in [0.25, 0.3) is 0 Å². The first-order chi connectivity index (χ1) is 12.5. The molecular formula is C19H18N2O4S. The minimum atomic E-state index is -0.720. The van der Waals surface area contributed by atoms with E-state index in [2.05, 4.69) is 5.16 Å². The van der Waals surface area contributed by atoms with Crippen LogP contribution in [-0.4, -0.2) is 11.8 Å². The Balaban J connectivity index is 1.59. The summed E-state index contributed by atoms with van der Waals surface area (Å²) >= 11 is 1.40. The lowest BCUT2D eigenvalue weighted by Gasteiger charge is -2.08. The predicted octanol–water partition coefficient (Wildman–Crippen LogP) is 4.01. The van der Waals surface area contributed by atoms with Gasteiger partial charge in [-0.05, 0) is 54.6 Å². The van der Waals surface area contributed by atoms with E-state index in [4.69, 9.17) is 19.7 Å². The minimum Gasteiger partial charge on any atom is -0.485 e. The fourth-order valence-electron chi connectivity index (χ4n) is 2.18. The maximum atomic E-state index is 12.0. The third-order valence-electron chi connectivity index (χ3n) is 3.58. The van der Waals surface area contributed by atoms with Gasteiger partial charge in [-0.3, -0.25) is 0 Å². The van der Waals surface area contributed by atoms with Crippen LogP contribution in [0, 0.1) is 13.8 Å². The van der Waals surface area contributed by atoms with Crippen LogP contribution < -0.4 is 10.5 Å². The number of thiophene rings is 1. The molecule has 0 aliphatic heterocycles. The maximum absolute atomic E-state index is 12.0. The molecule has 0 unspecified atom stereocenters. The van der Waals surface area contributed by atoms with Crippen LogP contribution in [0.4, 0.5) is 0 Å². The smallest absolute Gasteiger partial charge is 0.400 e. The van der Waals surface area contributed by atoms with Crippen molar-refractivity contribution in [2.45, 2.75) is 20.5 Å². The minimum absolute atomic E-state index is 0.0345. The highest BCUT2D eigenvalue weighted by Gasteiger charge is 2.14. The third kappa shape index (κ3) is 4.31. The van der Waals surface area contributed by atoms with Crippen molar-refractivity contribution in [1.82, 2.24) is 0 Å². The quantitative estimate of drug-likeness (QED) is 0.306. The van der Waals surface area contributed by atoms with Gasteiger partial charge in [0.15, 0.2) is 5.84 Å². The van der Waals surface area contributed by atoms with Crippen molar-refractivity contribution in [3.8, 4) is 5.75 Å². The van der Waals surface area contributed by atoms with Gasteiger partial charge in [0.05, 0.1) is 4.88 Å². The molecule has 0 radical (unpaired) electrons. The van der Waals surface area contributed by atoms with E-state index in [9.17, 15) is 4.79 Å². The molecule has 0 spiro atoms. The van der Waals surface area contributed by atoms with Crippen molar-refractivity contribution in [3.05, 3.63) is 75.4 Å². The standard InChI is InChI=1S/C19H18N2O4S/c1-12-5-6-13(2)16(10-12)23-11-14-7-8-15(24-14)19(22)25-21-18(20)17-4-3-9-26-17/h3-10H,11H2,1-2H3,(H2,20,21). The lowest BCUT2D eigenvalue weighted by Crippen LogP contribution is -2.13. The van der Waals surface area contributed by atoms with Gasteiger partial charge < -0.3 is 19.7 Å². The monoisotopic (exact) mass is 370 g/mol. The molecule has 26 heavy (non-hydrogen) atoms. The molecule has 0 saturated carbocycles. The van der Waals surface area contributed by atoms with Crippen LogP contribution in [0.3, 0.4) is 0 Å². The number of furan rings is 1. The Bertz CT molecular complexity index is 929. The third-order valence-corrected chi connectivity index (χ3v) is 4.47. The Morgan fingerprint density at radius 2 is 2.08 bits per heavy atom. The summed E-state index contributed by atoms with van der Waals surface area (Å²) in [5.74, 6) is 0.736. The molecular weight excluding hydrogens is 352 g/mol. The Kier molecular flexibility index (Phi) is 5.38. The normalized spacial score (nSPS) is 11.4. The fourth-order valence-corrected chi connectivity index (χ4v) is 2.80. The van der Waals surface area contributed by atoms with Crippen LogP contribution >= 0.6 is 11.3 Å². The summed E-state index contributed by atoms with van der Waals surface area (Å²) in [5.41, 5.74) is 7.88. The van der Waals surface area contributed by atoms with Gasteiger partial charge >= 0.3 is 5.97 Å². The van der Waals surface area contributed by atoms with Crippen LogP contribution in [-0.2, 0) is 11.4 Å². The van der Waals surface area contributed by atoms with E-state index >= 15 is 0 Å². The van der Waals surface area contributed by atoms with E-state index in [1.54, 1.807) is 12.1 Å². The van der Waals surface area contributed by atoms with E-state index in [-0.39, 0.29) is 18.2 Å². The van der Waals surface area contributed by atoms with Crippen molar-refractivity contribution >= 4 is 23.1 Å². The van der Waals surface area contributed by atoms with Crippen LogP contribution in [0.15, 0.2) is 57.4 Å². The molecule has 0 saturated heterocycles. The fraction of sp³-hybridized carbons (Fsp3) is 0.158. The van der Waals surface area contributed by atoms with E-state index in [0.29, 0.717) is 5.76 Å². The summed E-state index contributed by atoms with van der Waals surface area (Å²) in [5, 5.41) is 5.49. The Morgan fingerprint density at radius 3 is 2.85 bits per heavy atom. The molecule has 0 atom stereocenters. The molecule has 0 bridgehead atoms. The molecule has 0 aliphatic carbocycles. The zero-order valence-corrected chi connectivity index (χ0v) is 15.2. The van der Waals surface area contributed by atoms with Crippen LogP contribution in [0.1, 0.15) is 32.3 Å². The predicted molar refractivity (Wildman–Crippen MR) is 99.4 cm³/mol. The molecule has 2 N–H and O–H groups in total. The maximum Gasteiger partial charge on any atom is 0.400 e. The first kappa shape index (κ1) is 17.8. The molecule has 134 valence electrons. The Hall–Kier alpha value is -3.06. The van der Waals surface area contributed by atoms with Crippen LogP contribution in [0.5, 0.6) is 5.75 Å². The van der Waals surface area contributed by atoms with Crippen molar-refractivity contribution in [1.29, 1.82) is 0 Å². The largest absolute Gasteiger partial charge is 0.485 e. The molecule has 3 aromatic rings. The van der Waals surface area contributed by atoms with Gasteiger partial charge in [-0.25, -0.2) is 4.79 Å². The highest BCUT2D eigenvalue weighted by molar-refractivity contribution is 7.12. The highest BCUT2D eigenvalue weighted by Crippen LogP contribution is 2.21. The summed E-state index contributed by atoms with van der Waals surface area (Å²) in [6, 6.07) is 12.8. The molecule has 0 fully saturated rings. The lowest BCUT2D eigenvalue weighted by atomic mass is 10.1. The molecule has 1 aromatic carbocycles. The van der Waals surface area contributed by atoms with Crippen molar-refractivity contribution in [2.24, 2.45) is 10.9 Å². The SMILES string of the molecule is Cc1ccc(C)c(OCc2ccc(C(=O)O/N=C(\N)c3cccs3)o2)c1. The summed E-state index contributed by atoms with van der Waals surface area (Å²) in [7, 11) is 0. The number of carbonyl (C=O) groups is 1. The van der Waals surface area contributed by atoms with E-state index in [0.717, 1.165) is 21.8 Å². The molecule has 2 heterocycles. The number of rotatable bonds is 6. The number of nitrogens with two attached hydrogens (primary N) is 1. The van der Waals surface area contributed by atoms with Crippen molar-refractivity contribution in [3.63, 3.8) is 0 Å². The summed E-state index contributed by atoms with van der Waals surface area (Å²) in [6.07, 6.45) is 0.